The van der Waals surface area contributed by atoms with E-state index in [1.807, 2.05) is 18.2 Å². The van der Waals surface area contributed by atoms with Crippen LogP contribution in [0.3, 0.4) is 0 Å². The Morgan fingerprint density at radius 3 is 2.56 bits per heavy atom. The van der Waals surface area contributed by atoms with E-state index in [9.17, 15) is 18.5 Å². The summed E-state index contributed by atoms with van der Waals surface area (Å²) in [6, 6.07) is 14.6. The van der Waals surface area contributed by atoms with Gasteiger partial charge in [0.15, 0.2) is 9.84 Å². The maximum atomic E-state index is 11.9. The summed E-state index contributed by atoms with van der Waals surface area (Å²) in [5.41, 5.74) is 1.64. The smallest absolute Gasteiger partial charge is 0.288 e. The van der Waals surface area contributed by atoms with Crippen LogP contribution in [0.25, 0.3) is 0 Å². The van der Waals surface area contributed by atoms with Crippen molar-refractivity contribution in [3.05, 3.63) is 64.2 Å². The lowest BCUT2D eigenvalue weighted by Gasteiger charge is -2.19. The van der Waals surface area contributed by atoms with Gasteiger partial charge in [-0.05, 0) is 36.5 Å². The van der Waals surface area contributed by atoms with Gasteiger partial charge in [-0.3, -0.25) is 10.1 Å². The quantitative estimate of drug-likeness (QED) is 0.605. The number of rotatable bonds is 5. The molecular formula is C18H20N2O4S. The van der Waals surface area contributed by atoms with Crippen molar-refractivity contribution in [1.82, 2.24) is 0 Å². The van der Waals surface area contributed by atoms with E-state index in [4.69, 9.17) is 0 Å². The highest BCUT2D eigenvalue weighted by molar-refractivity contribution is 7.90. The molecule has 1 saturated heterocycles. The number of hydrogen-bond acceptors (Lipinski definition) is 5. The predicted molar refractivity (Wildman–Crippen MR) is 96.7 cm³/mol. The normalized spacial score (nSPS) is 17.6. The first-order valence-corrected chi connectivity index (χ1v) is 10.0. The molecule has 0 amide bonds. The van der Waals surface area contributed by atoms with Crippen molar-refractivity contribution in [1.29, 1.82) is 0 Å². The molecule has 0 N–H and O–H groups in total. The van der Waals surface area contributed by atoms with Crippen LogP contribution in [0.4, 0.5) is 11.4 Å². The number of nitro groups is 1. The van der Waals surface area contributed by atoms with Gasteiger partial charge in [0, 0.05) is 31.1 Å². The van der Waals surface area contributed by atoms with Crippen LogP contribution in [0.5, 0.6) is 0 Å². The van der Waals surface area contributed by atoms with Crippen LogP contribution in [-0.2, 0) is 16.3 Å². The average molecular weight is 360 g/mol. The molecule has 2 aromatic carbocycles. The largest absolute Gasteiger partial charge is 0.371 e. The van der Waals surface area contributed by atoms with E-state index >= 15 is 0 Å². The number of anilines is 1. The molecule has 1 heterocycles. The highest BCUT2D eigenvalue weighted by Gasteiger charge is 2.27. The first kappa shape index (κ1) is 17.4. The van der Waals surface area contributed by atoms with E-state index in [1.54, 1.807) is 6.07 Å². The van der Waals surface area contributed by atoms with Crippen LogP contribution in [0.1, 0.15) is 12.0 Å². The van der Waals surface area contributed by atoms with Gasteiger partial charge in [-0.15, -0.1) is 0 Å². The predicted octanol–water partition coefficient (Wildman–Crippen LogP) is 3.07. The molecule has 1 aliphatic heterocycles. The Balaban J connectivity index is 1.80. The van der Waals surface area contributed by atoms with Gasteiger partial charge in [0.25, 0.3) is 5.69 Å². The minimum atomic E-state index is -3.66. The summed E-state index contributed by atoms with van der Waals surface area (Å²) in [5.74, 6) is 0.485. The summed E-state index contributed by atoms with van der Waals surface area (Å²) >= 11 is 0. The van der Waals surface area contributed by atoms with Gasteiger partial charge in [0.2, 0.25) is 0 Å². The van der Waals surface area contributed by atoms with Gasteiger partial charge in [0.05, 0.1) is 4.92 Å². The average Bonchev–Trinajstić information content (AvgIpc) is 3.03. The lowest BCUT2D eigenvalue weighted by atomic mass is 9.99. The van der Waals surface area contributed by atoms with Crippen LogP contribution in [0, 0.1) is 16.0 Å². The number of sulfone groups is 1. The van der Waals surface area contributed by atoms with Crippen molar-refractivity contribution in [3.8, 4) is 0 Å². The summed E-state index contributed by atoms with van der Waals surface area (Å²) < 4.78 is 23.8. The van der Waals surface area contributed by atoms with Gasteiger partial charge >= 0.3 is 0 Å². The minimum absolute atomic E-state index is 0.221. The Kier molecular flexibility index (Phi) is 4.76. The van der Waals surface area contributed by atoms with Crippen molar-refractivity contribution in [2.24, 2.45) is 5.92 Å². The molecule has 0 radical (unpaired) electrons. The first-order chi connectivity index (χ1) is 11.8. The van der Waals surface area contributed by atoms with Crippen LogP contribution < -0.4 is 4.90 Å². The molecule has 0 aromatic heterocycles. The monoisotopic (exact) mass is 360 g/mol. The van der Waals surface area contributed by atoms with Crippen LogP contribution >= 0.6 is 0 Å². The third kappa shape index (κ3) is 3.99. The zero-order valence-electron chi connectivity index (χ0n) is 14.0. The molecule has 132 valence electrons. The molecule has 3 rings (SSSR count). The Hall–Kier alpha value is -2.41. The van der Waals surface area contributed by atoms with Gasteiger partial charge in [-0.1, -0.05) is 30.3 Å². The van der Waals surface area contributed by atoms with Crippen molar-refractivity contribution in [2.45, 2.75) is 17.7 Å². The standard InChI is InChI=1S/C18H20N2O4S/c1-25(23,24)18-12-16(7-8-17(18)20(21)22)19-10-9-15(13-19)11-14-5-3-2-4-6-14/h2-8,12,15H,9-11,13H2,1H3. The maximum absolute atomic E-state index is 11.9. The molecule has 7 heteroatoms. The number of nitrogens with zero attached hydrogens (tertiary/aromatic N) is 2. The van der Waals surface area contributed by atoms with E-state index in [1.165, 1.54) is 17.7 Å². The zero-order valence-corrected chi connectivity index (χ0v) is 14.8. The number of hydrogen-bond donors (Lipinski definition) is 0. The summed E-state index contributed by atoms with van der Waals surface area (Å²) in [4.78, 5) is 12.3. The minimum Gasteiger partial charge on any atom is -0.371 e. The summed E-state index contributed by atoms with van der Waals surface area (Å²) in [6.07, 6.45) is 2.99. The van der Waals surface area contributed by atoms with E-state index in [-0.39, 0.29) is 10.6 Å². The van der Waals surface area contributed by atoms with E-state index in [0.717, 1.165) is 37.9 Å². The second-order valence-electron chi connectivity index (χ2n) is 6.47. The fourth-order valence-electron chi connectivity index (χ4n) is 3.33. The van der Waals surface area contributed by atoms with Gasteiger partial charge in [-0.2, -0.15) is 0 Å². The van der Waals surface area contributed by atoms with Crippen molar-refractivity contribution >= 4 is 21.2 Å². The van der Waals surface area contributed by atoms with Crippen LogP contribution in [0.2, 0.25) is 0 Å². The second kappa shape index (κ2) is 6.84. The molecule has 0 aliphatic carbocycles. The topological polar surface area (TPSA) is 80.5 Å². The molecule has 0 spiro atoms. The molecular weight excluding hydrogens is 340 g/mol. The van der Waals surface area contributed by atoms with Crippen molar-refractivity contribution < 1.29 is 13.3 Å². The SMILES string of the molecule is CS(=O)(=O)c1cc(N2CCC(Cc3ccccc3)C2)ccc1[N+](=O)[O-]. The third-order valence-corrected chi connectivity index (χ3v) is 5.68. The molecule has 0 bridgehead atoms. The van der Waals surface area contributed by atoms with Crippen molar-refractivity contribution in [2.75, 3.05) is 24.2 Å². The molecule has 0 saturated carbocycles. The Morgan fingerprint density at radius 2 is 1.92 bits per heavy atom. The second-order valence-corrected chi connectivity index (χ2v) is 8.46. The number of nitro benzene ring substituents is 1. The molecule has 1 fully saturated rings. The fraction of sp³-hybridized carbons (Fsp3) is 0.333. The molecule has 2 aromatic rings. The first-order valence-electron chi connectivity index (χ1n) is 8.12. The highest BCUT2D eigenvalue weighted by Crippen LogP contribution is 2.32. The van der Waals surface area contributed by atoms with Gasteiger partial charge in [-0.25, -0.2) is 8.42 Å². The van der Waals surface area contributed by atoms with E-state index < -0.39 is 14.8 Å². The van der Waals surface area contributed by atoms with E-state index in [0.29, 0.717) is 5.92 Å². The number of benzene rings is 2. The van der Waals surface area contributed by atoms with Gasteiger partial charge in [0.1, 0.15) is 4.90 Å². The molecule has 1 unspecified atom stereocenters. The van der Waals surface area contributed by atoms with Crippen LogP contribution in [0.15, 0.2) is 53.4 Å². The van der Waals surface area contributed by atoms with Crippen LogP contribution in [-0.4, -0.2) is 32.7 Å². The zero-order chi connectivity index (χ0) is 18.0. The molecule has 1 atom stereocenters. The molecule has 25 heavy (non-hydrogen) atoms. The fourth-order valence-corrected chi connectivity index (χ4v) is 4.19. The Labute approximate surface area is 147 Å². The van der Waals surface area contributed by atoms with Crippen molar-refractivity contribution in [3.63, 3.8) is 0 Å². The molecule has 1 aliphatic rings. The van der Waals surface area contributed by atoms with Gasteiger partial charge < -0.3 is 4.90 Å². The summed E-state index contributed by atoms with van der Waals surface area (Å²) in [5, 5.41) is 11.1. The Morgan fingerprint density at radius 1 is 1.20 bits per heavy atom. The lowest BCUT2D eigenvalue weighted by molar-refractivity contribution is -0.387. The Bertz CT molecular complexity index is 881. The molecule has 6 nitrogen and oxygen atoms in total. The maximum Gasteiger partial charge on any atom is 0.288 e. The highest BCUT2D eigenvalue weighted by atomic mass is 32.2. The third-order valence-electron chi connectivity index (χ3n) is 4.56. The van der Waals surface area contributed by atoms with E-state index in [2.05, 4.69) is 17.0 Å². The lowest BCUT2D eigenvalue weighted by Crippen LogP contribution is -2.20. The summed E-state index contributed by atoms with van der Waals surface area (Å²) in [6.45, 7) is 1.63. The summed E-state index contributed by atoms with van der Waals surface area (Å²) in [7, 11) is -3.66.